The minimum absolute atomic E-state index is 0.152. The molecule has 2 heteroatoms. The van der Waals surface area contributed by atoms with Crippen LogP contribution < -0.4 is 0 Å². The molecule has 1 aromatic rings. The van der Waals surface area contributed by atoms with E-state index in [-0.39, 0.29) is 11.9 Å². The maximum atomic E-state index is 11.9. The molecule has 0 aliphatic carbocycles. The fourth-order valence-electron chi connectivity index (χ4n) is 1.94. The molecule has 0 spiro atoms. The van der Waals surface area contributed by atoms with E-state index in [0.717, 1.165) is 16.7 Å². The van der Waals surface area contributed by atoms with E-state index < -0.39 is 0 Å². The molecule has 1 aromatic carbocycles. The molecule has 0 N–H and O–H groups in total. The lowest BCUT2D eigenvalue weighted by atomic mass is 9.97. The topological polar surface area (TPSA) is 26.3 Å². The zero-order chi connectivity index (χ0) is 14.3. The van der Waals surface area contributed by atoms with Crippen molar-refractivity contribution in [3.63, 3.8) is 0 Å². The lowest BCUT2D eigenvalue weighted by Gasteiger charge is -2.12. The van der Waals surface area contributed by atoms with E-state index in [0.29, 0.717) is 6.61 Å². The number of ether oxygens (including phenoxy) is 1. The number of rotatable bonds is 5. The van der Waals surface area contributed by atoms with Gasteiger partial charge in [-0.15, -0.1) is 0 Å². The molecule has 2 nitrogen and oxygen atoms in total. The maximum Gasteiger partial charge on any atom is 0.334 e. The highest BCUT2D eigenvalue weighted by atomic mass is 16.5. The molecule has 0 bridgehead atoms. The first kappa shape index (κ1) is 15.2. The molecule has 0 heterocycles. The maximum absolute atomic E-state index is 11.9. The number of benzene rings is 1. The van der Waals surface area contributed by atoms with Crippen molar-refractivity contribution in [2.45, 2.75) is 27.7 Å². The number of allylic oxidation sites excluding steroid dienone is 2. The van der Waals surface area contributed by atoms with Gasteiger partial charge < -0.3 is 4.74 Å². The lowest BCUT2D eigenvalue weighted by molar-refractivity contribution is -0.139. The zero-order valence-corrected chi connectivity index (χ0v) is 12.1. The molecule has 0 aliphatic heterocycles. The van der Waals surface area contributed by atoms with Crippen molar-refractivity contribution in [1.29, 1.82) is 0 Å². The predicted molar refractivity (Wildman–Crippen MR) is 79.6 cm³/mol. The van der Waals surface area contributed by atoms with E-state index in [4.69, 9.17) is 4.74 Å². The van der Waals surface area contributed by atoms with Crippen LogP contribution >= 0.6 is 0 Å². The van der Waals surface area contributed by atoms with Gasteiger partial charge in [0.05, 0.1) is 6.61 Å². The SMILES string of the molecule is CCOC(=O)/C(=C(C)/C=C/c1ccccc1)C(C)C. The first-order chi connectivity index (χ1) is 9.06. The number of hydrogen-bond acceptors (Lipinski definition) is 2. The minimum Gasteiger partial charge on any atom is -0.463 e. The zero-order valence-electron chi connectivity index (χ0n) is 12.1. The molecule has 102 valence electrons. The Morgan fingerprint density at radius 2 is 1.89 bits per heavy atom. The van der Waals surface area contributed by atoms with Crippen LogP contribution in [0.3, 0.4) is 0 Å². The lowest BCUT2D eigenvalue weighted by Crippen LogP contribution is -2.13. The van der Waals surface area contributed by atoms with E-state index in [1.54, 1.807) is 0 Å². The van der Waals surface area contributed by atoms with Gasteiger partial charge in [-0.05, 0) is 30.9 Å². The van der Waals surface area contributed by atoms with Crippen LogP contribution in [0, 0.1) is 5.92 Å². The fourth-order valence-corrected chi connectivity index (χ4v) is 1.94. The monoisotopic (exact) mass is 258 g/mol. The minimum atomic E-state index is -0.215. The first-order valence-corrected chi connectivity index (χ1v) is 6.67. The van der Waals surface area contributed by atoms with Crippen molar-refractivity contribution in [3.8, 4) is 0 Å². The molecule has 0 aliphatic rings. The van der Waals surface area contributed by atoms with Gasteiger partial charge in [-0.3, -0.25) is 0 Å². The van der Waals surface area contributed by atoms with Crippen LogP contribution in [0.1, 0.15) is 33.3 Å². The third-order valence-corrected chi connectivity index (χ3v) is 2.82. The van der Waals surface area contributed by atoms with Crippen LogP contribution in [0.5, 0.6) is 0 Å². The molecule has 0 amide bonds. The molecule has 0 saturated carbocycles. The number of carbonyl (C=O) groups is 1. The summed E-state index contributed by atoms with van der Waals surface area (Å²) < 4.78 is 5.11. The summed E-state index contributed by atoms with van der Waals surface area (Å²) in [6.07, 6.45) is 3.98. The third kappa shape index (κ3) is 4.74. The van der Waals surface area contributed by atoms with Crippen molar-refractivity contribution in [2.75, 3.05) is 6.61 Å². The Bertz CT molecular complexity index is 467. The molecule has 1 rings (SSSR count). The molecular weight excluding hydrogens is 236 g/mol. The third-order valence-electron chi connectivity index (χ3n) is 2.82. The summed E-state index contributed by atoms with van der Waals surface area (Å²) in [4.78, 5) is 11.9. The molecule has 0 atom stereocenters. The van der Waals surface area contributed by atoms with Crippen LogP contribution in [-0.2, 0) is 9.53 Å². The average molecular weight is 258 g/mol. The van der Waals surface area contributed by atoms with Crippen LogP contribution in [-0.4, -0.2) is 12.6 Å². The van der Waals surface area contributed by atoms with E-state index >= 15 is 0 Å². The Morgan fingerprint density at radius 3 is 2.42 bits per heavy atom. The Balaban J connectivity index is 2.97. The molecule has 0 aromatic heterocycles. The predicted octanol–water partition coefficient (Wildman–Crippen LogP) is 4.24. The Labute approximate surface area is 115 Å². The summed E-state index contributed by atoms with van der Waals surface area (Å²) in [5.74, 6) is -0.0628. The highest BCUT2D eigenvalue weighted by Crippen LogP contribution is 2.18. The average Bonchev–Trinajstić information content (AvgIpc) is 2.37. The summed E-state index contributed by atoms with van der Waals surface area (Å²) in [6, 6.07) is 10.0. The fraction of sp³-hybridized carbons (Fsp3) is 0.353. The van der Waals surface area contributed by atoms with Gasteiger partial charge in [-0.1, -0.05) is 56.3 Å². The van der Waals surface area contributed by atoms with Crippen LogP contribution in [0.15, 0.2) is 47.6 Å². The normalized spacial score (nSPS) is 12.7. The molecule has 0 unspecified atom stereocenters. The van der Waals surface area contributed by atoms with E-state index in [1.807, 2.05) is 70.2 Å². The van der Waals surface area contributed by atoms with Crippen molar-refractivity contribution < 1.29 is 9.53 Å². The number of carbonyl (C=O) groups excluding carboxylic acids is 1. The van der Waals surface area contributed by atoms with Gasteiger partial charge in [0.15, 0.2) is 0 Å². The first-order valence-electron chi connectivity index (χ1n) is 6.67. The van der Waals surface area contributed by atoms with Crippen LogP contribution in [0.2, 0.25) is 0 Å². The molecular formula is C17H22O2. The second kappa shape index (κ2) is 7.57. The Hall–Kier alpha value is -1.83. The number of hydrogen-bond donors (Lipinski definition) is 0. The van der Waals surface area contributed by atoms with Gasteiger partial charge >= 0.3 is 5.97 Å². The highest BCUT2D eigenvalue weighted by molar-refractivity contribution is 5.90. The van der Waals surface area contributed by atoms with Crippen molar-refractivity contribution in [1.82, 2.24) is 0 Å². The second-order valence-corrected chi connectivity index (χ2v) is 4.72. The van der Waals surface area contributed by atoms with Crippen molar-refractivity contribution >= 4 is 12.0 Å². The number of esters is 1. The summed E-state index contributed by atoms with van der Waals surface area (Å²) in [5, 5.41) is 0. The smallest absolute Gasteiger partial charge is 0.334 e. The standard InChI is InChI=1S/C17H22O2/c1-5-19-17(18)16(13(2)3)14(4)11-12-15-9-7-6-8-10-15/h6-13H,5H2,1-4H3/b12-11+,16-14+. The molecule has 19 heavy (non-hydrogen) atoms. The molecule has 0 fully saturated rings. The van der Waals surface area contributed by atoms with Gasteiger partial charge in [-0.25, -0.2) is 4.79 Å². The van der Waals surface area contributed by atoms with Gasteiger partial charge in [0, 0.05) is 5.57 Å². The summed E-state index contributed by atoms with van der Waals surface area (Å²) in [6.45, 7) is 8.19. The van der Waals surface area contributed by atoms with Gasteiger partial charge in [0.2, 0.25) is 0 Å². The Kier molecular flexibility index (Phi) is 6.07. The largest absolute Gasteiger partial charge is 0.463 e. The Morgan fingerprint density at radius 1 is 1.26 bits per heavy atom. The van der Waals surface area contributed by atoms with Gasteiger partial charge in [0.1, 0.15) is 0 Å². The summed E-state index contributed by atoms with van der Waals surface area (Å²) in [7, 11) is 0. The van der Waals surface area contributed by atoms with Crippen LogP contribution in [0.25, 0.3) is 6.08 Å². The van der Waals surface area contributed by atoms with Crippen molar-refractivity contribution in [3.05, 3.63) is 53.1 Å². The quantitative estimate of drug-likeness (QED) is 0.448. The summed E-state index contributed by atoms with van der Waals surface area (Å²) >= 11 is 0. The van der Waals surface area contributed by atoms with E-state index in [9.17, 15) is 4.79 Å². The highest BCUT2D eigenvalue weighted by Gasteiger charge is 2.16. The van der Waals surface area contributed by atoms with Gasteiger partial charge in [-0.2, -0.15) is 0 Å². The summed E-state index contributed by atoms with van der Waals surface area (Å²) in [5.41, 5.74) is 2.82. The van der Waals surface area contributed by atoms with Crippen molar-refractivity contribution in [2.24, 2.45) is 5.92 Å². The molecule has 0 radical (unpaired) electrons. The van der Waals surface area contributed by atoms with E-state index in [2.05, 4.69) is 0 Å². The van der Waals surface area contributed by atoms with Crippen LogP contribution in [0.4, 0.5) is 0 Å². The van der Waals surface area contributed by atoms with E-state index in [1.165, 1.54) is 0 Å². The second-order valence-electron chi connectivity index (χ2n) is 4.72. The van der Waals surface area contributed by atoms with Gasteiger partial charge in [0.25, 0.3) is 0 Å². The molecule has 0 saturated heterocycles.